The van der Waals surface area contributed by atoms with E-state index < -0.39 is 11.7 Å². The molecule has 0 aliphatic carbocycles. The van der Waals surface area contributed by atoms with E-state index in [4.69, 9.17) is 0 Å². The van der Waals surface area contributed by atoms with Crippen molar-refractivity contribution >= 4 is 21.6 Å². The molecule has 0 aromatic heterocycles. The van der Waals surface area contributed by atoms with Crippen LogP contribution in [0.5, 0.6) is 0 Å². The van der Waals surface area contributed by atoms with Crippen LogP contribution in [-0.2, 0) is 12.7 Å². The van der Waals surface area contributed by atoms with Gasteiger partial charge >= 0.3 is 6.18 Å². The van der Waals surface area contributed by atoms with Gasteiger partial charge in [0.15, 0.2) is 0 Å². The first kappa shape index (κ1) is 18.8. The number of unbranched alkanes of at least 4 members (excludes halogenated alkanes) is 2. The van der Waals surface area contributed by atoms with Crippen molar-refractivity contribution in [2.45, 2.75) is 38.9 Å². The van der Waals surface area contributed by atoms with E-state index in [0.29, 0.717) is 6.54 Å². The maximum Gasteiger partial charge on any atom is 0.416 e. The first-order valence-electron chi connectivity index (χ1n) is 8.07. The van der Waals surface area contributed by atoms with E-state index in [-0.39, 0.29) is 0 Å². The summed E-state index contributed by atoms with van der Waals surface area (Å²) in [4.78, 5) is 2.14. The van der Waals surface area contributed by atoms with Crippen LogP contribution in [0.3, 0.4) is 0 Å². The molecular formula is C19H21BrF3N. The number of hydrogen-bond acceptors (Lipinski definition) is 1. The summed E-state index contributed by atoms with van der Waals surface area (Å²) in [5.74, 6) is 0. The molecule has 24 heavy (non-hydrogen) atoms. The SMILES string of the molecule is CCCCCN(Cc1ccc(Br)cc1)c1ccc(C(F)(F)F)cc1. The topological polar surface area (TPSA) is 3.24 Å². The summed E-state index contributed by atoms with van der Waals surface area (Å²) in [6.45, 7) is 3.65. The van der Waals surface area contributed by atoms with Gasteiger partial charge in [-0.15, -0.1) is 0 Å². The van der Waals surface area contributed by atoms with E-state index in [2.05, 4.69) is 27.8 Å². The van der Waals surface area contributed by atoms with Crippen molar-refractivity contribution in [2.75, 3.05) is 11.4 Å². The van der Waals surface area contributed by atoms with E-state index >= 15 is 0 Å². The van der Waals surface area contributed by atoms with Crippen LogP contribution in [0, 0.1) is 0 Å². The van der Waals surface area contributed by atoms with Crippen LogP contribution >= 0.6 is 15.9 Å². The average molecular weight is 400 g/mol. The minimum atomic E-state index is -4.29. The average Bonchev–Trinajstić information content (AvgIpc) is 2.55. The zero-order chi connectivity index (χ0) is 17.6. The Morgan fingerprint density at radius 2 is 1.54 bits per heavy atom. The molecule has 0 unspecified atom stereocenters. The molecule has 1 nitrogen and oxygen atoms in total. The highest BCUT2D eigenvalue weighted by Gasteiger charge is 2.30. The molecule has 0 spiro atoms. The molecule has 0 N–H and O–H groups in total. The zero-order valence-electron chi connectivity index (χ0n) is 13.6. The molecule has 0 aliphatic heterocycles. The van der Waals surface area contributed by atoms with Crippen molar-refractivity contribution < 1.29 is 13.2 Å². The second kappa shape index (κ2) is 8.56. The van der Waals surface area contributed by atoms with E-state index in [1.165, 1.54) is 0 Å². The molecular weight excluding hydrogens is 379 g/mol. The van der Waals surface area contributed by atoms with Crippen LogP contribution in [0.25, 0.3) is 0 Å². The Kier molecular flexibility index (Phi) is 6.72. The van der Waals surface area contributed by atoms with Crippen LogP contribution < -0.4 is 4.90 Å². The fraction of sp³-hybridized carbons (Fsp3) is 0.368. The van der Waals surface area contributed by atoms with Gasteiger partial charge in [-0.25, -0.2) is 0 Å². The maximum atomic E-state index is 12.7. The predicted octanol–water partition coefficient (Wildman–Crippen LogP) is 6.66. The fourth-order valence-corrected chi connectivity index (χ4v) is 2.79. The van der Waals surface area contributed by atoms with Crippen LogP contribution in [0.4, 0.5) is 18.9 Å². The second-order valence-electron chi connectivity index (χ2n) is 5.80. The lowest BCUT2D eigenvalue weighted by Crippen LogP contribution is -2.24. The van der Waals surface area contributed by atoms with Gasteiger partial charge in [0.2, 0.25) is 0 Å². The van der Waals surface area contributed by atoms with Crippen molar-refractivity contribution in [3.8, 4) is 0 Å². The molecule has 2 aromatic rings. The van der Waals surface area contributed by atoms with Crippen molar-refractivity contribution in [3.63, 3.8) is 0 Å². The minimum absolute atomic E-state index is 0.608. The van der Waals surface area contributed by atoms with Gasteiger partial charge in [-0.2, -0.15) is 13.2 Å². The summed E-state index contributed by atoms with van der Waals surface area (Å²) in [7, 11) is 0. The van der Waals surface area contributed by atoms with E-state index in [9.17, 15) is 13.2 Å². The Morgan fingerprint density at radius 3 is 2.08 bits per heavy atom. The Labute approximate surface area is 149 Å². The lowest BCUT2D eigenvalue weighted by molar-refractivity contribution is -0.137. The molecule has 5 heteroatoms. The van der Waals surface area contributed by atoms with E-state index in [0.717, 1.165) is 53.7 Å². The van der Waals surface area contributed by atoms with Gasteiger partial charge in [0, 0.05) is 23.2 Å². The molecule has 0 amide bonds. The molecule has 0 saturated carbocycles. The summed E-state index contributed by atoms with van der Waals surface area (Å²) in [6, 6.07) is 13.5. The molecule has 0 atom stereocenters. The van der Waals surface area contributed by atoms with Crippen LogP contribution in [-0.4, -0.2) is 6.54 Å². The van der Waals surface area contributed by atoms with Gasteiger partial charge in [0.05, 0.1) is 5.56 Å². The van der Waals surface area contributed by atoms with Crippen molar-refractivity contribution in [3.05, 3.63) is 64.1 Å². The number of hydrogen-bond donors (Lipinski definition) is 0. The Morgan fingerprint density at radius 1 is 0.917 bits per heavy atom. The molecule has 0 heterocycles. The second-order valence-corrected chi connectivity index (χ2v) is 6.72. The predicted molar refractivity (Wildman–Crippen MR) is 96.2 cm³/mol. The molecule has 0 radical (unpaired) electrons. The molecule has 130 valence electrons. The maximum absolute atomic E-state index is 12.7. The molecule has 2 rings (SSSR count). The first-order valence-corrected chi connectivity index (χ1v) is 8.86. The highest BCUT2D eigenvalue weighted by molar-refractivity contribution is 9.10. The molecule has 0 aliphatic rings. The Hall–Kier alpha value is -1.49. The highest BCUT2D eigenvalue weighted by Crippen LogP contribution is 2.31. The lowest BCUT2D eigenvalue weighted by Gasteiger charge is -2.25. The largest absolute Gasteiger partial charge is 0.416 e. The van der Waals surface area contributed by atoms with Crippen molar-refractivity contribution in [1.29, 1.82) is 0 Å². The monoisotopic (exact) mass is 399 g/mol. The standard InChI is InChI=1S/C19H21BrF3N/c1-2-3-4-13-24(14-15-5-9-17(20)10-6-15)18-11-7-16(8-12-18)19(21,22)23/h5-12H,2-4,13-14H2,1H3. The molecule has 0 fully saturated rings. The van der Waals surface area contributed by atoms with Crippen molar-refractivity contribution in [1.82, 2.24) is 0 Å². The fourth-order valence-electron chi connectivity index (χ4n) is 2.52. The third-order valence-electron chi connectivity index (χ3n) is 3.88. The number of rotatable bonds is 7. The number of nitrogens with zero attached hydrogens (tertiary/aromatic N) is 1. The quantitative estimate of drug-likeness (QED) is 0.470. The zero-order valence-corrected chi connectivity index (χ0v) is 15.2. The van der Waals surface area contributed by atoms with E-state index in [1.807, 2.05) is 24.3 Å². The van der Waals surface area contributed by atoms with Crippen molar-refractivity contribution in [2.24, 2.45) is 0 Å². The summed E-state index contributed by atoms with van der Waals surface area (Å²) in [6.07, 6.45) is -1.05. The summed E-state index contributed by atoms with van der Waals surface area (Å²) < 4.78 is 39.2. The Bertz CT molecular complexity index is 621. The van der Waals surface area contributed by atoms with Gasteiger partial charge in [0.25, 0.3) is 0 Å². The van der Waals surface area contributed by atoms with Crippen LogP contribution in [0.2, 0.25) is 0 Å². The molecule has 0 bridgehead atoms. The lowest BCUT2D eigenvalue weighted by atomic mass is 10.1. The minimum Gasteiger partial charge on any atom is -0.367 e. The normalized spacial score (nSPS) is 11.5. The highest BCUT2D eigenvalue weighted by atomic mass is 79.9. The number of benzene rings is 2. The summed E-state index contributed by atoms with van der Waals surface area (Å²) in [5.41, 5.74) is 1.35. The van der Waals surface area contributed by atoms with Gasteiger partial charge < -0.3 is 4.90 Å². The summed E-state index contributed by atoms with van der Waals surface area (Å²) in [5, 5.41) is 0. The van der Waals surface area contributed by atoms with Crippen LogP contribution in [0.15, 0.2) is 53.0 Å². The number of halogens is 4. The Balaban J connectivity index is 2.16. The third kappa shape index (κ3) is 5.55. The van der Waals surface area contributed by atoms with E-state index in [1.54, 1.807) is 12.1 Å². The third-order valence-corrected chi connectivity index (χ3v) is 4.41. The van der Waals surface area contributed by atoms with Gasteiger partial charge in [-0.05, 0) is 48.4 Å². The number of alkyl halides is 3. The smallest absolute Gasteiger partial charge is 0.367 e. The van der Waals surface area contributed by atoms with Gasteiger partial charge in [0.1, 0.15) is 0 Å². The van der Waals surface area contributed by atoms with Crippen LogP contribution in [0.1, 0.15) is 37.3 Å². The molecule has 2 aromatic carbocycles. The van der Waals surface area contributed by atoms with Gasteiger partial charge in [-0.3, -0.25) is 0 Å². The first-order chi connectivity index (χ1) is 11.4. The molecule has 0 saturated heterocycles. The van der Waals surface area contributed by atoms with Gasteiger partial charge in [-0.1, -0.05) is 47.8 Å². The summed E-state index contributed by atoms with van der Waals surface area (Å²) >= 11 is 3.41. The number of anilines is 1.